The van der Waals surface area contributed by atoms with Gasteiger partial charge in [-0.2, -0.15) is 8.42 Å². The SMILES string of the molecule is O=S(=O)(O)CCC[n+]1ccc(N2CCOCC2)cc1. The molecule has 1 saturated heterocycles. The van der Waals surface area contributed by atoms with E-state index in [1.807, 2.05) is 29.1 Å². The van der Waals surface area contributed by atoms with Gasteiger partial charge >= 0.3 is 0 Å². The van der Waals surface area contributed by atoms with Crippen LogP contribution in [0.2, 0.25) is 0 Å². The van der Waals surface area contributed by atoms with Crippen LogP contribution in [-0.2, 0) is 21.4 Å². The zero-order chi connectivity index (χ0) is 13.7. The molecule has 1 aliphatic heterocycles. The van der Waals surface area contributed by atoms with Gasteiger partial charge in [0.25, 0.3) is 10.1 Å². The Bertz CT molecular complexity index is 495. The van der Waals surface area contributed by atoms with Crippen LogP contribution in [0.15, 0.2) is 24.5 Å². The number of hydrogen-bond donors (Lipinski definition) is 1. The fraction of sp³-hybridized carbons (Fsp3) is 0.583. The van der Waals surface area contributed by atoms with E-state index in [9.17, 15) is 8.42 Å². The minimum atomic E-state index is -3.86. The van der Waals surface area contributed by atoms with Gasteiger partial charge in [0.1, 0.15) is 6.54 Å². The molecule has 2 heterocycles. The second-order valence-electron chi connectivity index (χ2n) is 4.53. The first-order valence-corrected chi connectivity index (χ1v) is 7.92. The summed E-state index contributed by atoms with van der Waals surface area (Å²) in [5.41, 5.74) is 1.15. The van der Waals surface area contributed by atoms with Crippen LogP contribution in [0.1, 0.15) is 6.42 Å². The minimum absolute atomic E-state index is 0.203. The lowest BCUT2D eigenvalue weighted by Gasteiger charge is -2.28. The molecule has 0 saturated carbocycles. The number of morpholine rings is 1. The van der Waals surface area contributed by atoms with Crippen LogP contribution in [0.25, 0.3) is 0 Å². The molecule has 1 N–H and O–H groups in total. The van der Waals surface area contributed by atoms with Crippen molar-refractivity contribution in [3.8, 4) is 0 Å². The predicted molar refractivity (Wildman–Crippen MR) is 70.7 cm³/mol. The van der Waals surface area contributed by atoms with Crippen molar-refractivity contribution >= 4 is 15.8 Å². The molecule has 0 aromatic carbocycles. The highest BCUT2D eigenvalue weighted by atomic mass is 32.2. The quantitative estimate of drug-likeness (QED) is 0.614. The van der Waals surface area contributed by atoms with Gasteiger partial charge in [0.05, 0.1) is 19.0 Å². The third kappa shape index (κ3) is 4.77. The normalized spacial score (nSPS) is 16.6. The highest BCUT2D eigenvalue weighted by Gasteiger charge is 2.12. The molecule has 0 unspecified atom stereocenters. The van der Waals surface area contributed by atoms with Crippen molar-refractivity contribution in [2.45, 2.75) is 13.0 Å². The molecule has 2 rings (SSSR count). The van der Waals surface area contributed by atoms with Crippen LogP contribution in [0.5, 0.6) is 0 Å². The molecule has 0 spiro atoms. The van der Waals surface area contributed by atoms with E-state index < -0.39 is 10.1 Å². The molecule has 6 nitrogen and oxygen atoms in total. The molecule has 0 aliphatic carbocycles. The van der Waals surface area contributed by atoms with Crippen LogP contribution < -0.4 is 9.47 Å². The summed E-state index contributed by atoms with van der Waals surface area (Å²) in [4.78, 5) is 2.26. The topological polar surface area (TPSA) is 70.7 Å². The Morgan fingerprint density at radius 1 is 1.26 bits per heavy atom. The number of aromatic nitrogens is 1. The smallest absolute Gasteiger partial charge is 0.265 e. The molecule has 0 radical (unpaired) electrons. The van der Waals surface area contributed by atoms with Crippen LogP contribution in [-0.4, -0.2) is 45.0 Å². The summed E-state index contributed by atoms with van der Waals surface area (Å²) in [7, 11) is -3.86. The first-order valence-electron chi connectivity index (χ1n) is 6.31. The summed E-state index contributed by atoms with van der Waals surface area (Å²) >= 11 is 0. The number of nitrogens with zero attached hydrogens (tertiary/aromatic N) is 2. The molecule has 0 atom stereocenters. The van der Waals surface area contributed by atoms with Crippen molar-refractivity contribution in [3.05, 3.63) is 24.5 Å². The molecule has 0 amide bonds. The zero-order valence-electron chi connectivity index (χ0n) is 10.7. The molecule has 1 fully saturated rings. The Labute approximate surface area is 113 Å². The van der Waals surface area contributed by atoms with Gasteiger partial charge in [-0.15, -0.1) is 0 Å². The van der Waals surface area contributed by atoms with Crippen LogP contribution in [0.4, 0.5) is 5.69 Å². The van der Waals surface area contributed by atoms with E-state index in [2.05, 4.69) is 4.90 Å². The van der Waals surface area contributed by atoms with E-state index in [1.54, 1.807) is 0 Å². The van der Waals surface area contributed by atoms with Gasteiger partial charge in [-0.3, -0.25) is 4.55 Å². The molecule has 19 heavy (non-hydrogen) atoms. The average Bonchev–Trinajstić information content (AvgIpc) is 2.39. The van der Waals surface area contributed by atoms with E-state index >= 15 is 0 Å². The van der Waals surface area contributed by atoms with E-state index in [0.717, 1.165) is 32.0 Å². The zero-order valence-corrected chi connectivity index (χ0v) is 11.6. The summed E-state index contributed by atoms with van der Waals surface area (Å²) in [6, 6.07) is 4.03. The molecule has 106 valence electrons. The summed E-state index contributed by atoms with van der Waals surface area (Å²) in [6.07, 6.45) is 4.25. The average molecular weight is 287 g/mol. The van der Waals surface area contributed by atoms with E-state index in [-0.39, 0.29) is 5.75 Å². The Kier molecular flexibility index (Phi) is 4.73. The first-order chi connectivity index (χ1) is 9.04. The standard InChI is InChI=1S/C12H18N2O4S/c15-19(16,17)11-1-4-13-5-2-12(3-6-13)14-7-9-18-10-8-14/h2-3,5-6H,1,4,7-11H2/p+1. The number of anilines is 1. The fourth-order valence-electron chi connectivity index (χ4n) is 2.06. The highest BCUT2D eigenvalue weighted by Crippen LogP contribution is 2.12. The van der Waals surface area contributed by atoms with E-state index in [0.29, 0.717) is 13.0 Å². The molecule has 7 heteroatoms. The third-order valence-electron chi connectivity index (χ3n) is 3.07. The number of ether oxygens (including phenoxy) is 1. The van der Waals surface area contributed by atoms with Gasteiger partial charge < -0.3 is 9.64 Å². The molecule has 1 aliphatic rings. The van der Waals surface area contributed by atoms with E-state index in [4.69, 9.17) is 9.29 Å². The number of aryl methyl sites for hydroxylation is 1. The Morgan fingerprint density at radius 2 is 1.89 bits per heavy atom. The predicted octanol–water partition coefficient (Wildman–Crippen LogP) is 0.0886. The van der Waals surface area contributed by atoms with Crippen LogP contribution >= 0.6 is 0 Å². The van der Waals surface area contributed by atoms with Gasteiger partial charge in [-0.05, 0) is 0 Å². The van der Waals surface area contributed by atoms with Gasteiger partial charge in [0, 0.05) is 37.3 Å². The largest absolute Gasteiger partial charge is 0.378 e. The summed E-state index contributed by atoms with van der Waals surface area (Å²) < 4.78 is 37.1. The lowest BCUT2D eigenvalue weighted by atomic mass is 10.3. The van der Waals surface area contributed by atoms with Gasteiger partial charge in [-0.1, -0.05) is 0 Å². The second-order valence-corrected chi connectivity index (χ2v) is 6.11. The minimum Gasteiger partial charge on any atom is -0.378 e. The Morgan fingerprint density at radius 3 is 2.47 bits per heavy atom. The van der Waals surface area contributed by atoms with Gasteiger partial charge in [0.15, 0.2) is 12.4 Å². The monoisotopic (exact) mass is 287 g/mol. The third-order valence-corrected chi connectivity index (χ3v) is 3.87. The van der Waals surface area contributed by atoms with Crippen molar-refractivity contribution in [1.82, 2.24) is 0 Å². The van der Waals surface area contributed by atoms with Crippen molar-refractivity contribution in [2.75, 3.05) is 37.0 Å². The molecule has 1 aromatic heterocycles. The molecule has 1 aromatic rings. The lowest BCUT2D eigenvalue weighted by Crippen LogP contribution is -2.38. The van der Waals surface area contributed by atoms with Gasteiger partial charge in [0.2, 0.25) is 0 Å². The van der Waals surface area contributed by atoms with Crippen molar-refractivity contribution in [3.63, 3.8) is 0 Å². The summed E-state index contributed by atoms with van der Waals surface area (Å²) in [6.45, 7) is 3.87. The molecular formula is C12H19N2O4S+. The second kappa shape index (κ2) is 6.31. The van der Waals surface area contributed by atoms with Crippen LogP contribution in [0.3, 0.4) is 0 Å². The van der Waals surface area contributed by atoms with Gasteiger partial charge in [-0.25, -0.2) is 4.57 Å². The van der Waals surface area contributed by atoms with E-state index in [1.165, 1.54) is 0 Å². The molecular weight excluding hydrogens is 268 g/mol. The lowest BCUT2D eigenvalue weighted by molar-refractivity contribution is -0.696. The molecule has 0 bridgehead atoms. The number of hydrogen-bond acceptors (Lipinski definition) is 4. The number of pyridine rings is 1. The van der Waals surface area contributed by atoms with Crippen molar-refractivity contribution in [2.24, 2.45) is 0 Å². The first kappa shape index (κ1) is 14.2. The maximum absolute atomic E-state index is 10.6. The number of rotatable bonds is 5. The van der Waals surface area contributed by atoms with Crippen molar-refractivity contribution < 1.29 is 22.3 Å². The summed E-state index contributed by atoms with van der Waals surface area (Å²) in [5.74, 6) is -0.203. The fourth-order valence-corrected chi connectivity index (χ4v) is 2.55. The van der Waals surface area contributed by atoms with Crippen molar-refractivity contribution in [1.29, 1.82) is 0 Å². The maximum Gasteiger partial charge on any atom is 0.265 e. The summed E-state index contributed by atoms with van der Waals surface area (Å²) in [5, 5.41) is 0. The van der Waals surface area contributed by atoms with Crippen LogP contribution in [0, 0.1) is 0 Å². The highest BCUT2D eigenvalue weighted by molar-refractivity contribution is 7.85. The Balaban J connectivity index is 1.87. The maximum atomic E-state index is 10.6. The Hall–Kier alpha value is -1.18.